The van der Waals surface area contributed by atoms with E-state index in [1.807, 2.05) is 48.8 Å². The number of benzene rings is 1. The zero-order valence-corrected chi connectivity index (χ0v) is 16.8. The van der Waals surface area contributed by atoms with E-state index in [0.29, 0.717) is 13.1 Å². The van der Waals surface area contributed by atoms with Crippen LogP contribution in [0.15, 0.2) is 30.3 Å². The first-order chi connectivity index (χ1) is 12.8. The van der Waals surface area contributed by atoms with Crippen LogP contribution >= 0.6 is 0 Å². The van der Waals surface area contributed by atoms with E-state index in [1.54, 1.807) is 0 Å². The van der Waals surface area contributed by atoms with Crippen LogP contribution in [0.2, 0.25) is 0 Å². The molecule has 0 radical (unpaired) electrons. The van der Waals surface area contributed by atoms with E-state index in [0.717, 1.165) is 39.0 Å². The third kappa shape index (κ3) is 5.22. The Kier molecular flexibility index (Phi) is 6.05. The number of amides is 3. The summed E-state index contributed by atoms with van der Waals surface area (Å²) in [6.07, 6.45) is 1.78. The molecule has 0 aliphatic carbocycles. The number of hydrogen-bond donors (Lipinski definition) is 1. The lowest BCUT2D eigenvalue weighted by Crippen LogP contribution is -2.50. The highest BCUT2D eigenvalue weighted by atomic mass is 16.2. The number of likely N-dealkylation sites (tertiary alicyclic amines) is 1. The monoisotopic (exact) mass is 372 g/mol. The number of nitrogens with one attached hydrogen (secondary N) is 1. The molecule has 2 aliphatic rings. The molecule has 2 heterocycles. The Balaban J connectivity index is 1.55. The Hall–Kier alpha value is -2.08. The minimum Gasteiger partial charge on any atom is -0.337 e. The van der Waals surface area contributed by atoms with Crippen molar-refractivity contribution in [3.63, 3.8) is 0 Å². The molecule has 0 spiro atoms. The summed E-state index contributed by atoms with van der Waals surface area (Å²) in [4.78, 5) is 31.5. The topological polar surface area (TPSA) is 55.9 Å². The van der Waals surface area contributed by atoms with Gasteiger partial charge in [-0.15, -0.1) is 0 Å². The van der Waals surface area contributed by atoms with Crippen LogP contribution < -0.4 is 5.32 Å². The maximum Gasteiger partial charge on any atom is 0.317 e. The molecule has 0 bridgehead atoms. The summed E-state index contributed by atoms with van der Waals surface area (Å²) in [5.74, 6) is 0.228. The van der Waals surface area contributed by atoms with Gasteiger partial charge in [-0.05, 0) is 39.2 Å². The Labute approximate surface area is 162 Å². The van der Waals surface area contributed by atoms with Crippen LogP contribution in [0.1, 0.15) is 39.2 Å². The summed E-state index contributed by atoms with van der Waals surface area (Å²) in [6, 6.07) is 10.1. The number of carbonyl (C=O) groups is 2. The molecule has 6 nitrogen and oxygen atoms in total. The van der Waals surface area contributed by atoms with E-state index in [4.69, 9.17) is 0 Å². The predicted octanol–water partition coefficient (Wildman–Crippen LogP) is 2.30. The molecule has 1 N–H and O–H groups in total. The van der Waals surface area contributed by atoms with E-state index in [9.17, 15) is 9.59 Å². The minimum atomic E-state index is -0.234. The SMILES string of the molecule is CC(C)(C)NC(=O)N1CCCN([C@@H]2CCN(Cc3ccccc3)C2=O)CC1. The number of urea groups is 1. The van der Waals surface area contributed by atoms with E-state index in [2.05, 4.69) is 22.3 Å². The van der Waals surface area contributed by atoms with Crippen molar-refractivity contribution in [2.75, 3.05) is 32.7 Å². The zero-order chi connectivity index (χ0) is 19.4. The summed E-state index contributed by atoms with van der Waals surface area (Å²) in [5, 5.41) is 3.04. The zero-order valence-electron chi connectivity index (χ0n) is 16.8. The molecule has 2 aliphatic heterocycles. The van der Waals surface area contributed by atoms with Crippen LogP contribution in [-0.4, -0.2) is 70.9 Å². The van der Waals surface area contributed by atoms with E-state index < -0.39 is 0 Å². The maximum absolute atomic E-state index is 12.9. The molecule has 0 unspecified atom stereocenters. The number of rotatable bonds is 3. The van der Waals surface area contributed by atoms with Crippen molar-refractivity contribution >= 4 is 11.9 Å². The van der Waals surface area contributed by atoms with Crippen LogP contribution in [0.25, 0.3) is 0 Å². The maximum atomic E-state index is 12.9. The third-order valence-electron chi connectivity index (χ3n) is 5.23. The Morgan fingerprint density at radius 3 is 2.52 bits per heavy atom. The van der Waals surface area contributed by atoms with E-state index >= 15 is 0 Å². The van der Waals surface area contributed by atoms with Crippen molar-refractivity contribution in [2.24, 2.45) is 0 Å². The average Bonchev–Trinajstić information content (AvgIpc) is 2.83. The van der Waals surface area contributed by atoms with Gasteiger partial charge in [-0.25, -0.2) is 4.79 Å². The first-order valence-electron chi connectivity index (χ1n) is 9.97. The van der Waals surface area contributed by atoms with Gasteiger partial charge in [0.2, 0.25) is 5.91 Å². The molecule has 27 heavy (non-hydrogen) atoms. The summed E-state index contributed by atoms with van der Waals surface area (Å²) >= 11 is 0. The highest BCUT2D eigenvalue weighted by molar-refractivity contribution is 5.84. The van der Waals surface area contributed by atoms with Crippen LogP contribution in [-0.2, 0) is 11.3 Å². The molecular weight excluding hydrogens is 340 g/mol. The highest BCUT2D eigenvalue weighted by Crippen LogP contribution is 2.21. The Morgan fingerprint density at radius 2 is 1.81 bits per heavy atom. The second-order valence-electron chi connectivity index (χ2n) is 8.61. The van der Waals surface area contributed by atoms with Crippen molar-refractivity contribution in [3.8, 4) is 0 Å². The van der Waals surface area contributed by atoms with Crippen molar-refractivity contribution < 1.29 is 9.59 Å². The normalized spacial score (nSPS) is 22.0. The van der Waals surface area contributed by atoms with Gasteiger partial charge in [0.1, 0.15) is 0 Å². The van der Waals surface area contributed by atoms with Crippen LogP contribution in [0, 0.1) is 0 Å². The highest BCUT2D eigenvalue weighted by Gasteiger charge is 2.36. The third-order valence-corrected chi connectivity index (χ3v) is 5.23. The van der Waals surface area contributed by atoms with Crippen molar-refractivity contribution in [3.05, 3.63) is 35.9 Å². The second-order valence-corrected chi connectivity index (χ2v) is 8.61. The standard InChI is InChI=1S/C21H32N4O2/c1-21(2,3)22-20(27)24-12-7-11-23(14-15-24)18-10-13-25(19(18)26)16-17-8-5-4-6-9-17/h4-6,8-9,18H,7,10-16H2,1-3H3,(H,22,27)/t18-/m1/s1. The summed E-state index contributed by atoms with van der Waals surface area (Å²) in [7, 11) is 0. The second kappa shape index (κ2) is 8.30. The van der Waals surface area contributed by atoms with Gasteiger partial charge < -0.3 is 15.1 Å². The van der Waals surface area contributed by atoms with Gasteiger partial charge >= 0.3 is 6.03 Å². The lowest BCUT2D eigenvalue weighted by Gasteiger charge is -2.28. The smallest absolute Gasteiger partial charge is 0.317 e. The van der Waals surface area contributed by atoms with Gasteiger partial charge in [-0.2, -0.15) is 0 Å². The minimum absolute atomic E-state index is 0.00666. The molecule has 3 amide bonds. The largest absolute Gasteiger partial charge is 0.337 e. The average molecular weight is 373 g/mol. The Bertz CT molecular complexity index is 656. The van der Waals surface area contributed by atoms with Crippen LogP contribution in [0.4, 0.5) is 4.79 Å². The number of hydrogen-bond acceptors (Lipinski definition) is 3. The number of nitrogens with zero attached hydrogens (tertiary/aromatic N) is 3. The van der Waals surface area contributed by atoms with Gasteiger partial charge in [-0.3, -0.25) is 9.69 Å². The first kappa shape index (κ1) is 19.7. The molecule has 2 saturated heterocycles. The first-order valence-corrected chi connectivity index (χ1v) is 9.97. The summed E-state index contributed by atoms with van der Waals surface area (Å²) in [6.45, 7) is 10.5. The summed E-state index contributed by atoms with van der Waals surface area (Å²) < 4.78 is 0. The number of carbonyl (C=O) groups excluding carboxylic acids is 2. The quantitative estimate of drug-likeness (QED) is 0.886. The molecule has 6 heteroatoms. The molecular formula is C21H32N4O2. The molecule has 1 atom stereocenters. The van der Waals surface area contributed by atoms with Gasteiger partial charge in [0.15, 0.2) is 0 Å². The van der Waals surface area contributed by atoms with Crippen molar-refractivity contribution in [1.29, 1.82) is 0 Å². The predicted molar refractivity (Wildman–Crippen MR) is 106 cm³/mol. The molecule has 148 valence electrons. The molecule has 1 aromatic rings. The summed E-state index contributed by atoms with van der Waals surface area (Å²) in [5.41, 5.74) is 0.940. The van der Waals surface area contributed by atoms with Crippen molar-refractivity contribution in [1.82, 2.24) is 20.0 Å². The van der Waals surface area contributed by atoms with Gasteiger partial charge in [0, 0.05) is 44.8 Å². The molecule has 0 aromatic heterocycles. The lowest BCUT2D eigenvalue weighted by atomic mass is 10.1. The Morgan fingerprint density at radius 1 is 1.07 bits per heavy atom. The lowest BCUT2D eigenvalue weighted by molar-refractivity contribution is -0.132. The van der Waals surface area contributed by atoms with Gasteiger partial charge in [0.05, 0.1) is 6.04 Å². The van der Waals surface area contributed by atoms with Crippen LogP contribution in [0.3, 0.4) is 0 Å². The van der Waals surface area contributed by atoms with Gasteiger partial charge in [0.25, 0.3) is 0 Å². The van der Waals surface area contributed by atoms with Crippen LogP contribution in [0.5, 0.6) is 0 Å². The van der Waals surface area contributed by atoms with E-state index in [1.165, 1.54) is 5.56 Å². The van der Waals surface area contributed by atoms with Crippen molar-refractivity contribution in [2.45, 2.75) is 51.7 Å². The van der Waals surface area contributed by atoms with Gasteiger partial charge in [-0.1, -0.05) is 30.3 Å². The fourth-order valence-electron chi connectivity index (χ4n) is 3.87. The molecule has 0 saturated carbocycles. The van der Waals surface area contributed by atoms with E-state index in [-0.39, 0.29) is 23.5 Å². The molecule has 2 fully saturated rings. The molecule has 3 rings (SSSR count). The fraction of sp³-hybridized carbons (Fsp3) is 0.619. The molecule has 1 aromatic carbocycles. The fourth-order valence-corrected chi connectivity index (χ4v) is 3.87.